The minimum absolute atomic E-state index is 0.0180. The SMILES string of the molecule is NC1C=C2C#C[C@@H](CCc3ccc(O)cc3)[C@@H](CCCO)CC[C@H]3C[C@H](O)CCc4ccc(O)c(c4)OCc4cc([C@@]56CCOC[C@H]5CCc5ccccc56)cc5cn(cc45)C(=C2CO3)N1. The second-order valence-electron chi connectivity index (χ2n) is 19.3. The summed E-state index contributed by atoms with van der Waals surface area (Å²) >= 11 is 0. The Morgan fingerprint density at radius 2 is 1.77 bits per heavy atom. The molecule has 1 unspecified atom stereocenters. The van der Waals surface area contributed by atoms with E-state index in [-0.39, 0.29) is 54.7 Å². The van der Waals surface area contributed by atoms with Crippen molar-refractivity contribution in [2.45, 2.75) is 107 Å². The molecule has 10 nitrogen and oxygen atoms in total. The van der Waals surface area contributed by atoms with Crippen LogP contribution in [0.25, 0.3) is 16.6 Å². The summed E-state index contributed by atoms with van der Waals surface area (Å²) in [5, 5.41) is 48.5. The topological polar surface area (TPSA) is 152 Å². The van der Waals surface area contributed by atoms with E-state index in [1.165, 1.54) is 16.7 Å². The average Bonchev–Trinajstić information content (AvgIpc) is 3.76. The van der Waals surface area contributed by atoms with Gasteiger partial charge in [0.2, 0.25) is 0 Å². The number of aromatic hydroxyl groups is 2. The smallest absolute Gasteiger partial charge is 0.161 e. The van der Waals surface area contributed by atoms with Crippen LogP contribution >= 0.6 is 0 Å². The van der Waals surface area contributed by atoms with Gasteiger partial charge in [0, 0.05) is 58.9 Å². The van der Waals surface area contributed by atoms with Crippen LogP contribution in [-0.4, -0.2) is 69.8 Å². The maximum absolute atomic E-state index is 11.7. The Kier molecular flexibility index (Phi) is 13.0. The Hall–Kier alpha value is -5.54. The van der Waals surface area contributed by atoms with Crippen molar-refractivity contribution in [1.29, 1.82) is 0 Å². The van der Waals surface area contributed by atoms with Gasteiger partial charge in [0.05, 0.1) is 31.6 Å². The molecule has 1 saturated heterocycles. The number of phenols is 2. The molecule has 5 heterocycles. The molecular weight excluding hydrogens is 827 g/mol. The number of benzene rings is 4. The molecule has 10 rings (SSSR count). The molecule has 7 N–H and O–H groups in total. The molecule has 0 radical (unpaired) electrons. The van der Waals surface area contributed by atoms with Crippen LogP contribution in [0.1, 0.15) is 91.2 Å². The minimum Gasteiger partial charge on any atom is -0.508 e. The number of aliphatic hydroxyl groups is 2. The van der Waals surface area contributed by atoms with Crippen LogP contribution in [0, 0.1) is 29.6 Å². The lowest BCUT2D eigenvalue weighted by atomic mass is 9.57. The van der Waals surface area contributed by atoms with Gasteiger partial charge in [0.15, 0.2) is 11.5 Å². The third-order valence-corrected chi connectivity index (χ3v) is 15.2. The number of aromatic nitrogens is 1. The van der Waals surface area contributed by atoms with Crippen LogP contribution in [0.4, 0.5) is 0 Å². The largest absolute Gasteiger partial charge is 0.508 e. The van der Waals surface area contributed by atoms with Gasteiger partial charge < -0.3 is 50.3 Å². The van der Waals surface area contributed by atoms with E-state index in [1.807, 2.05) is 30.3 Å². The van der Waals surface area contributed by atoms with Crippen molar-refractivity contribution < 1.29 is 34.6 Å². The Morgan fingerprint density at radius 1 is 0.894 bits per heavy atom. The zero-order chi connectivity index (χ0) is 45.2. The summed E-state index contributed by atoms with van der Waals surface area (Å²) in [6.45, 7) is 2.00. The zero-order valence-corrected chi connectivity index (χ0v) is 37.8. The van der Waals surface area contributed by atoms with E-state index in [2.05, 4.69) is 70.5 Å². The van der Waals surface area contributed by atoms with Gasteiger partial charge in [-0.1, -0.05) is 60.4 Å². The molecule has 0 amide bonds. The molecule has 5 aliphatic rings. The van der Waals surface area contributed by atoms with Crippen LogP contribution in [0.15, 0.2) is 108 Å². The van der Waals surface area contributed by atoms with Crippen molar-refractivity contribution in [3.63, 3.8) is 0 Å². The van der Waals surface area contributed by atoms with Crippen molar-refractivity contribution in [1.82, 2.24) is 9.88 Å². The molecule has 0 spiro atoms. The molecule has 1 aromatic heterocycles. The third kappa shape index (κ3) is 9.12. The molecule has 4 aromatic carbocycles. The number of nitrogens with two attached hydrogens (primary N) is 1. The molecule has 10 heteroatoms. The average molecular weight is 890 g/mol. The molecule has 344 valence electrons. The summed E-state index contributed by atoms with van der Waals surface area (Å²) in [5.41, 5.74) is 15.5. The van der Waals surface area contributed by atoms with Crippen molar-refractivity contribution in [2.24, 2.45) is 23.5 Å². The van der Waals surface area contributed by atoms with E-state index < -0.39 is 12.3 Å². The van der Waals surface area contributed by atoms with Crippen LogP contribution in [0.5, 0.6) is 17.2 Å². The van der Waals surface area contributed by atoms with Crippen molar-refractivity contribution in [3.05, 3.63) is 142 Å². The van der Waals surface area contributed by atoms with Crippen LogP contribution < -0.4 is 15.8 Å². The van der Waals surface area contributed by atoms with Crippen molar-refractivity contribution in [2.75, 3.05) is 26.4 Å². The lowest BCUT2D eigenvalue weighted by Crippen LogP contribution is -2.47. The quantitative estimate of drug-likeness (QED) is 0.0886. The lowest BCUT2D eigenvalue weighted by Gasteiger charge is -2.49. The number of hydrogen-bond donors (Lipinski definition) is 6. The summed E-state index contributed by atoms with van der Waals surface area (Å²) in [7, 11) is 0. The Labute approximate surface area is 388 Å². The highest BCUT2D eigenvalue weighted by atomic mass is 16.5. The summed E-state index contributed by atoms with van der Waals surface area (Å²) in [5.74, 6) is 9.46. The molecule has 1 fully saturated rings. The zero-order valence-electron chi connectivity index (χ0n) is 37.8. The molecule has 0 saturated carbocycles. The summed E-state index contributed by atoms with van der Waals surface area (Å²) in [6.07, 6.45) is 14.1. The third-order valence-electron chi connectivity index (χ3n) is 15.2. The van der Waals surface area contributed by atoms with E-state index in [1.54, 1.807) is 18.2 Å². The number of dihydropyridines is 1. The number of hydrogen-bond acceptors (Lipinski definition) is 9. The van der Waals surface area contributed by atoms with Gasteiger partial charge in [-0.3, -0.25) is 0 Å². The fourth-order valence-electron chi connectivity index (χ4n) is 11.6. The summed E-state index contributed by atoms with van der Waals surface area (Å²) in [6, 6.07) is 26.6. The molecule has 5 aromatic rings. The highest BCUT2D eigenvalue weighted by molar-refractivity contribution is 5.88. The molecule has 7 atom stereocenters. The second-order valence-corrected chi connectivity index (χ2v) is 19.3. The van der Waals surface area contributed by atoms with E-state index in [0.29, 0.717) is 50.6 Å². The summed E-state index contributed by atoms with van der Waals surface area (Å²) in [4.78, 5) is 0. The number of phenolic OH excluding ortho intramolecular Hbond substituents is 2. The molecule has 1 aliphatic carbocycles. The first kappa shape index (κ1) is 44.3. The first-order valence-electron chi connectivity index (χ1n) is 24.2. The highest BCUT2D eigenvalue weighted by Crippen LogP contribution is 2.52. The highest BCUT2D eigenvalue weighted by Gasteiger charge is 2.47. The van der Waals surface area contributed by atoms with Gasteiger partial charge in [-0.25, -0.2) is 0 Å². The fraction of sp³-hybridized carbons (Fsp3) is 0.429. The normalized spacial score (nSPS) is 26.6. The second kappa shape index (κ2) is 19.4. The van der Waals surface area contributed by atoms with E-state index in [4.69, 9.17) is 19.9 Å². The number of nitrogens with one attached hydrogen (secondary N) is 1. The monoisotopic (exact) mass is 889 g/mol. The van der Waals surface area contributed by atoms with Gasteiger partial charge in [-0.15, -0.1) is 0 Å². The van der Waals surface area contributed by atoms with Gasteiger partial charge in [-0.05, 0) is 159 Å². The van der Waals surface area contributed by atoms with Gasteiger partial charge in [0.1, 0.15) is 18.2 Å². The van der Waals surface area contributed by atoms with Gasteiger partial charge in [-0.2, -0.15) is 0 Å². The van der Waals surface area contributed by atoms with E-state index in [9.17, 15) is 20.4 Å². The Morgan fingerprint density at radius 3 is 2.65 bits per heavy atom. The lowest BCUT2D eigenvalue weighted by molar-refractivity contribution is 0.00498. The predicted octanol–water partition coefficient (Wildman–Crippen LogP) is 8.40. The molecule has 6 bridgehead atoms. The molecular formula is C56H63N3O7. The van der Waals surface area contributed by atoms with E-state index >= 15 is 0 Å². The number of rotatable bonds is 7. The number of nitrogens with zero attached hydrogens (tertiary/aromatic N) is 1. The van der Waals surface area contributed by atoms with Crippen LogP contribution in [0.2, 0.25) is 0 Å². The van der Waals surface area contributed by atoms with Crippen LogP contribution in [-0.2, 0) is 40.8 Å². The number of fused-ring (bicyclic) bond motifs is 9. The number of ether oxygens (including phenoxy) is 3. The standard InChI is InChI=1S/C56H63N3O7/c57-54-29-41-14-13-39(12-7-36-8-18-46(61)19-9-36)38(5-3-24-60)16-21-48-30-47(62)20-10-37-11-22-52(63)53(26-37)66-33-43-28-45(27-42-31-59(32-49(42)43)55(58-54)50(41)35-65-48)56-23-25-64-34-44(56)17-15-40-4-1-2-6-51(40)56/h1-2,4,6,8-9,11,18-19,22,26-29,31-32,38-39,44,47-48,54,58,60-63H,3,5,7,10,12,15-17,20-21,23-25,30,33-35,57H2/t38-,39+,44+,47+,48-,54?,56+/m0/s1. The number of aryl methyl sites for hydroxylation is 3. The first-order valence-corrected chi connectivity index (χ1v) is 24.2. The van der Waals surface area contributed by atoms with Crippen LogP contribution in [0.3, 0.4) is 0 Å². The Balaban J connectivity index is 1.13. The fourth-order valence-corrected chi connectivity index (χ4v) is 11.6. The van der Waals surface area contributed by atoms with Crippen molar-refractivity contribution in [3.8, 4) is 29.1 Å². The molecule has 4 aliphatic heterocycles. The maximum Gasteiger partial charge on any atom is 0.161 e. The number of aliphatic hydroxyl groups excluding tert-OH is 2. The molecule has 66 heavy (non-hydrogen) atoms. The van der Waals surface area contributed by atoms with Gasteiger partial charge >= 0.3 is 0 Å². The van der Waals surface area contributed by atoms with Gasteiger partial charge in [0.25, 0.3) is 0 Å². The van der Waals surface area contributed by atoms with Crippen molar-refractivity contribution >= 4 is 16.6 Å². The predicted molar refractivity (Wildman–Crippen MR) is 257 cm³/mol. The minimum atomic E-state index is -0.628. The Bertz CT molecular complexity index is 2670. The first-order chi connectivity index (χ1) is 32.2. The van der Waals surface area contributed by atoms with E-state index in [0.717, 1.165) is 95.8 Å². The maximum atomic E-state index is 11.7. The summed E-state index contributed by atoms with van der Waals surface area (Å²) < 4.78 is 21.9.